The Morgan fingerprint density at radius 1 is 1.21 bits per heavy atom. The quantitative estimate of drug-likeness (QED) is 0.773. The third-order valence-corrected chi connectivity index (χ3v) is 4.51. The Bertz CT molecular complexity index is 411. The molecule has 3 nitrogen and oxygen atoms in total. The Balaban J connectivity index is 2.09. The normalized spacial score (nSPS) is 20.3. The predicted molar refractivity (Wildman–Crippen MR) is 81.4 cm³/mol. The van der Waals surface area contributed by atoms with E-state index in [1.807, 2.05) is 6.07 Å². The monoisotopic (exact) mass is 327 g/mol. The highest BCUT2D eigenvalue weighted by Gasteiger charge is 2.21. The molecule has 1 atom stereocenters. The Morgan fingerprint density at radius 2 is 2.00 bits per heavy atom. The average Bonchev–Trinajstić information content (AvgIpc) is 2.47. The molecule has 0 unspecified atom stereocenters. The second kappa shape index (κ2) is 7.15. The molecule has 2 rings (SSSR count). The van der Waals surface area contributed by atoms with Gasteiger partial charge in [0, 0.05) is 17.9 Å². The van der Waals surface area contributed by atoms with Crippen molar-refractivity contribution in [1.82, 2.24) is 4.90 Å². The minimum Gasteiger partial charge on any atom is -0.493 e. The van der Waals surface area contributed by atoms with Crippen molar-refractivity contribution in [3.05, 3.63) is 23.8 Å². The van der Waals surface area contributed by atoms with Crippen molar-refractivity contribution in [3.8, 4) is 11.5 Å². The Kier molecular flexibility index (Phi) is 5.52. The lowest BCUT2D eigenvalue weighted by molar-refractivity contribution is 0.156. The summed E-state index contributed by atoms with van der Waals surface area (Å²) in [6.07, 6.45) is 3.94. The van der Waals surface area contributed by atoms with Crippen molar-refractivity contribution < 1.29 is 9.47 Å². The first-order valence-electron chi connectivity index (χ1n) is 6.79. The van der Waals surface area contributed by atoms with E-state index in [2.05, 4.69) is 33.0 Å². The van der Waals surface area contributed by atoms with Crippen molar-refractivity contribution in [2.75, 3.05) is 26.1 Å². The highest BCUT2D eigenvalue weighted by atomic mass is 79.9. The minimum atomic E-state index is 0.654. The number of rotatable bonds is 5. The van der Waals surface area contributed by atoms with Crippen LogP contribution in [-0.2, 0) is 6.54 Å². The van der Waals surface area contributed by atoms with Gasteiger partial charge >= 0.3 is 0 Å². The van der Waals surface area contributed by atoms with Crippen molar-refractivity contribution in [1.29, 1.82) is 0 Å². The Labute approximate surface area is 124 Å². The van der Waals surface area contributed by atoms with Gasteiger partial charge in [-0.2, -0.15) is 0 Å². The number of hydrogen-bond acceptors (Lipinski definition) is 3. The van der Waals surface area contributed by atoms with Crippen LogP contribution in [0.2, 0.25) is 0 Å². The first-order valence-corrected chi connectivity index (χ1v) is 7.91. The number of halogens is 1. The van der Waals surface area contributed by atoms with Gasteiger partial charge in [0.25, 0.3) is 0 Å². The molecule has 0 spiro atoms. The number of piperidine rings is 1. The van der Waals surface area contributed by atoms with E-state index in [0.717, 1.165) is 23.4 Å². The molecule has 0 aromatic heterocycles. The van der Waals surface area contributed by atoms with E-state index in [1.54, 1.807) is 14.2 Å². The molecule has 0 radical (unpaired) electrons. The van der Waals surface area contributed by atoms with E-state index in [4.69, 9.17) is 9.47 Å². The van der Waals surface area contributed by atoms with Gasteiger partial charge in [-0.15, -0.1) is 0 Å². The maximum Gasteiger partial charge on any atom is 0.161 e. The molecular weight excluding hydrogens is 306 g/mol. The van der Waals surface area contributed by atoms with Gasteiger partial charge in [-0.3, -0.25) is 4.90 Å². The molecule has 4 heteroatoms. The van der Waals surface area contributed by atoms with Crippen LogP contribution in [0.1, 0.15) is 24.8 Å². The molecule has 1 aromatic rings. The van der Waals surface area contributed by atoms with Gasteiger partial charge < -0.3 is 9.47 Å². The van der Waals surface area contributed by atoms with E-state index in [0.29, 0.717) is 6.04 Å². The topological polar surface area (TPSA) is 21.7 Å². The van der Waals surface area contributed by atoms with Crippen molar-refractivity contribution in [2.24, 2.45) is 0 Å². The zero-order chi connectivity index (χ0) is 13.7. The third kappa shape index (κ3) is 3.63. The molecule has 106 valence electrons. The zero-order valence-corrected chi connectivity index (χ0v) is 13.3. The predicted octanol–water partition coefficient (Wildman–Crippen LogP) is 3.45. The standard InChI is InChI=1S/C15H22BrNO2/c1-18-14-7-6-12(9-15(14)19-2)11-17-8-4-3-5-13(17)10-16/h6-7,9,13H,3-5,8,10-11H2,1-2H3/t13-/m1/s1. The van der Waals surface area contributed by atoms with Gasteiger partial charge in [-0.1, -0.05) is 28.4 Å². The summed E-state index contributed by atoms with van der Waals surface area (Å²) < 4.78 is 10.6. The summed E-state index contributed by atoms with van der Waals surface area (Å²) >= 11 is 3.63. The molecule has 0 bridgehead atoms. The van der Waals surface area contributed by atoms with E-state index >= 15 is 0 Å². The number of hydrogen-bond donors (Lipinski definition) is 0. The molecule has 0 aliphatic carbocycles. The number of nitrogens with zero attached hydrogens (tertiary/aromatic N) is 1. The van der Waals surface area contributed by atoms with Gasteiger partial charge in [0.2, 0.25) is 0 Å². The van der Waals surface area contributed by atoms with Gasteiger partial charge in [0.1, 0.15) is 0 Å². The lowest BCUT2D eigenvalue weighted by atomic mass is 10.0. The van der Waals surface area contributed by atoms with Crippen LogP contribution in [0.25, 0.3) is 0 Å². The molecule has 0 saturated carbocycles. The summed E-state index contributed by atoms with van der Waals surface area (Å²) in [5.41, 5.74) is 1.28. The minimum absolute atomic E-state index is 0.654. The molecule has 1 aliphatic rings. The number of benzene rings is 1. The molecule has 0 amide bonds. The van der Waals surface area contributed by atoms with Crippen LogP contribution in [-0.4, -0.2) is 37.0 Å². The molecule has 1 saturated heterocycles. The van der Waals surface area contributed by atoms with Crippen LogP contribution in [0.5, 0.6) is 11.5 Å². The van der Waals surface area contributed by atoms with Crippen molar-refractivity contribution in [3.63, 3.8) is 0 Å². The van der Waals surface area contributed by atoms with Crippen LogP contribution in [0.4, 0.5) is 0 Å². The molecule has 1 aromatic carbocycles. The van der Waals surface area contributed by atoms with Crippen LogP contribution in [0.15, 0.2) is 18.2 Å². The van der Waals surface area contributed by atoms with Crippen molar-refractivity contribution >= 4 is 15.9 Å². The highest BCUT2D eigenvalue weighted by molar-refractivity contribution is 9.09. The fraction of sp³-hybridized carbons (Fsp3) is 0.600. The van der Waals surface area contributed by atoms with Crippen LogP contribution >= 0.6 is 15.9 Å². The summed E-state index contributed by atoms with van der Waals surface area (Å²) in [6, 6.07) is 6.85. The number of likely N-dealkylation sites (tertiary alicyclic amines) is 1. The van der Waals surface area contributed by atoms with E-state index in [1.165, 1.54) is 31.4 Å². The first-order chi connectivity index (χ1) is 9.28. The maximum atomic E-state index is 5.37. The van der Waals surface area contributed by atoms with Gasteiger partial charge in [-0.05, 0) is 37.1 Å². The largest absolute Gasteiger partial charge is 0.493 e. The fourth-order valence-corrected chi connectivity index (χ4v) is 3.39. The van der Waals surface area contributed by atoms with E-state index in [-0.39, 0.29) is 0 Å². The molecule has 0 N–H and O–H groups in total. The second-order valence-electron chi connectivity index (χ2n) is 4.96. The fourth-order valence-electron chi connectivity index (χ4n) is 2.66. The lowest BCUT2D eigenvalue weighted by Crippen LogP contribution is -2.39. The zero-order valence-electron chi connectivity index (χ0n) is 11.7. The Hall–Kier alpha value is -0.740. The van der Waals surface area contributed by atoms with Crippen LogP contribution in [0.3, 0.4) is 0 Å². The summed E-state index contributed by atoms with van der Waals surface area (Å²) in [5.74, 6) is 1.61. The van der Waals surface area contributed by atoms with E-state index in [9.17, 15) is 0 Å². The number of methoxy groups -OCH3 is 2. The Morgan fingerprint density at radius 3 is 2.68 bits per heavy atom. The van der Waals surface area contributed by atoms with Gasteiger partial charge in [0.05, 0.1) is 14.2 Å². The molecule has 1 heterocycles. The van der Waals surface area contributed by atoms with Gasteiger partial charge in [0.15, 0.2) is 11.5 Å². The maximum absolute atomic E-state index is 5.37. The lowest BCUT2D eigenvalue weighted by Gasteiger charge is -2.34. The third-order valence-electron chi connectivity index (χ3n) is 3.76. The molecule has 19 heavy (non-hydrogen) atoms. The summed E-state index contributed by atoms with van der Waals surface area (Å²) in [6.45, 7) is 2.17. The smallest absolute Gasteiger partial charge is 0.161 e. The summed E-state index contributed by atoms with van der Waals surface area (Å²) in [5, 5.41) is 1.06. The second-order valence-corrected chi connectivity index (χ2v) is 5.61. The molecular formula is C15H22BrNO2. The molecule has 1 fully saturated rings. The average molecular weight is 328 g/mol. The molecule has 1 aliphatic heterocycles. The van der Waals surface area contributed by atoms with Gasteiger partial charge in [-0.25, -0.2) is 0 Å². The van der Waals surface area contributed by atoms with Crippen molar-refractivity contribution in [2.45, 2.75) is 31.8 Å². The summed E-state index contributed by atoms with van der Waals surface area (Å²) in [7, 11) is 3.35. The highest BCUT2D eigenvalue weighted by Crippen LogP contribution is 2.29. The summed E-state index contributed by atoms with van der Waals surface area (Å²) in [4.78, 5) is 2.56. The number of alkyl halides is 1. The van der Waals surface area contributed by atoms with Crippen LogP contribution < -0.4 is 9.47 Å². The van der Waals surface area contributed by atoms with Crippen LogP contribution in [0, 0.1) is 0 Å². The SMILES string of the molecule is COc1ccc(CN2CCCC[C@@H]2CBr)cc1OC. The van der Waals surface area contributed by atoms with E-state index < -0.39 is 0 Å². The number of ether oxygens (including phenoxy) is 2. The first kappa shape index (κ1) is 14.7.